The molecule has 1 aliphatic rings. The van der Waals surface area contributed by atoms with Crippen molar-refractivity contribution in [3.63, 3.8) is 0 Å². The van der Waals surface area contributed by atoms with Gasteiger partial charge in [-0.25, -0.2) is 5.01 Å². The maximum absolute atomic E-state index is 11.6. The minimum atomic E-state index is 0.109. The predicted octanol–water partition coefficient (Wildman–Crippen LogP) is -0.347. The summed E-state index contributed by atoms with van der Waals surface area (Å²) in [5, 5.41) is 5.24. The van der Waals surface area contributed by atoms with Crippen LogP contribution in [-0.2, 0) is 4.79 Å². The summed E-state index contributed by atoms with van der Waals surface area (Å²) in [4.78, 5) is 13.8. The van der Waals surface area contributed by atoms with E-state index >= 15 is 0 Å². The highest BCUT2D eigenvalue weighted by atomic mass is 16.2. The van der Waals surface area contributed by atoms with E-state index in [1.54, 1.807) is 0 Å². The average molecular weight is 228 g/mol. The quantitative estimate of drug-likeness (QED) is 0.675. The molecule has 0 aromatic rings. The van der Waals surface area contributed by atoms with E-state index in [4.69, 9.17) is 0 Å². The van der Waals surface area contributed by atoms with Gasteiger partial charge in [-0.1, -0.05) is 13.8 Å². The van der Waals surface area contributed by atoms with Crippen LogP contribution in [0.4, 0.5) is 0 Å². The van der Waals surface area contributed by atoms with Crippen molar-refractivity contribution in [2.45, 2.75) is 26.3 Å². The zero-order valence-electron chi connectivity index (χ0n) is 10.6. The molecule has 5 nitrogen and oxygen atoms in total. The molecule has 0 bridgehead atoms. The van der Waals surface area contributed by atoms with E-state index in [1.807, 2.05) is 5.01 Å². The predicted molar refractivity (Wildman–Crippen MR) is 65.0 cm³/mol. The molecule has 2 N–H and O–H groups in total. The number of hydrazine groups is 1. The van der Waals surface area contributed by atoms with Crippen molar-refractivity contribution in [2.75, 3.05) is 39.8 Å². The first kappa shape index (κ1) is 13.4. The Morgan fingerprint density at radius 2 is 1.88 bits per heavy atom. The van der Waals surface area contributed by atoms with Crippen molar-refractivity contribution in [3.05, 3.63) is 0 Å². The van der Waals surface area contributed by atoms with Gasteiger partial charge < -0.3 is 10.2 Å². The maximum Gasteiger partial charge on any atom is 0.235 e. The van der Waals surface area contributed by atoms with E-state index in [-0.39, 0.29) is 5.91 Å². The lowest BCUT2D eigenvalue weighted by molar-refractivity contribution is -0.126. The number of nitrogens with zero attached hydrogens (tertiary/aromatic N) is 2. The van der Waals surface area contributed by atoms with Gasteiger partial charge in [-0.05, 0) is 7.05 Å². The summed E-state index contributed by atoms with van der Waals surface area (Å²) in [5.41, 5.74) is 2.94. The number of carbonyl (C=O) groups excluding carboxylic acids is 1. The summed E-state index contributed by atoms with van der Waals surface area (Å²) >= 11 is 0. The third-order valence-corrected chi connectivity index (χ3v) is 2.69. The van der Waals surface area contributed by atoms with Gasteiger partial charge in [-0.3, -0.25) is 10.2 Å². The van der Waals surface area contributed by atoms with Gasteiger partial charge in [0.2, 0.25) is 5.91 Å². The fourth-order valence-corrected chi connectivity index (χ4v) is 1.62. The van der Waals surface area contributed by atoms with Crippen molar-refractivity contribution in [1.82, 2.24) is 20.7 Å². The Morgan fingerprint density at radius 1 is 1.25 bits per heavy atom. The Kier molecular flexibility index (Phi) is 5.73. The van der Waals surface area contributed by atoms with Crippen LogP contribution in [-0.4, -0.2) is 61.6 Å². The van der Waals surface area contributed by atoms with Gasteiger partial charge >= 0.3 is 0 Å². The number of amides is 1. The molecule has 94 valence electrons. The van der Waals surface area contributed by atoms with Crippen LogP contribution in [0.15, 0.2) is 0 Å². The summed E-state index contributed by atoms with van der Waals surface area (Å²) in [6.45, 7) is 8.78. The maximum atomic E-state index is 11.6. The van der Waals surface area contributed by atoms with Crippen molar-refractivity contribution in [3.8, 4) is 0 Å². The summed E-state index contributed by atoms with van der Waals surface area (Å²) in [6.07, 6.45) is 0.546. The molecule has 0 aromatic heterocycles. The Bertz CT molecular complexity index is 212. The molecule has 1 heterocycles. The molecule has 1 fully saturated rings. The van der Waals surface area contributed by atoms with Gasteiger partial charge in [0.25, 0.3) is 0 Å². The van der Waals surface area contributed by atoms with Gasteiger partial charge in [0.05, 0.1) is 0 Å². The SMILES string of the molecule is CC(C)NCCC(=O)NN1CCN(C)CC1. The first-order valence-electron chi connectivity index (χ1n) is 6.04. The number of hydrogen-bond donors (Lipinski definition) is 2. The van der Waals surface area contributed by atoms with E-state index in [1.165, 1.54) is 0 Å². The molecule has 0 aliphatic carbocycles. The molecule has 0 aromatic carbocycles. The number of piperazine rings is 1. The summed E-state index contributed by atoms with van der Waals surface area (Å²) in [5.74, 6) is 0.109. The van der Waals surface area contributed by atoms with Crippen LogP contribution < -0.4 is 10.7 Å². The van der Waals surface area contributed by atoms with E-state index < -0.39 is 0 Å². The third-order valence-electron chi connectivity index (χ3n) is 2.69. The van der Waals surface area contributed by atoms with Gasteiger partial charge in [0.1, 0.15) is 0 Å². The van der Waals surface area contributed by atoms with Crippen LogP contribution in [0.5, 0.6) is 0 Å². The molecular formula is C11H24N4O. The molecule has 1 rings (SSSR count). The van der Waals surface area contributed by atoms with Crippen molar-refractivity contribution in [1.29, 1.82) is 0 Å². The second-order valence-electron chi connectivity index (χ2n) is 4.68. The van der Waals surface area contributed by atoms with Gasteiger partial charge in [0, 0.05) is 45.2 Å². The highest BCUT2D eigenvalue weighted by molar-refractivity contribution is 5.75. The molecule has 0 atom stereocenters. The smallest absolute Gasteiger partial charge is 0.235 e. The molecule has 1 amide bonds. The second kappa shape index (κ2) is 6.83. The summed E-state index contributed by atoms with van der Waals surface area (Å²) in [6, 6.07) is 0.441. The van der Waals surface area contributed by atoms with E-state index in [9.17, 15) is 4.79 Å². The molecule has 0 unspecified atom stereocenters. The lowest BCUT2D eigenvalue weighted by Gasteiger charge is -2.32. The van der Waals surface area contributed by atoms with Crippen LogP contribution in [0.1, 0.15) is 20.3 Å². The van der Waals surface area contributed by atoms with Crippen LogP contribution in [0.2, 0.25) is 0 Å². The lowest BCUT2D eigenvalue weighted by atomic mass is 10.3. The molecule has 0 spiro atoms. The van der Waals surface area contributed by atoms with E-state index in [2.05, 4.69) is 36.5 Å². The monoisotopic (exact) mass is 228 g/mol. The molecule has 16 heavy (non-hydrogen) atoms. The number of rotatable bonds is 5. The fraction of sp³-hybridized carbons (Fsp3) is 0.909. The number of carbonyl (C=O) groups is 1. The molecule has 0 saturated carbocycles. The zero-order chi connectivity index (χ0) is 12.0. The van der Waals surface area contributed by atoms with Crippen LogP contribution in [0, 0.1) is 0 Å². The van der Waals surface area contributed by atoms with Gasteiger partial charge in [-0.2, -0.15) is 0 Å². The standard InChI is InChI=1S/C11H24N4O/c1-10(2)12-5-4-11(16)13-15-8-6-14(3)7-9-15/h10,12H,4-9H2,1-3H3,(H,13,16). The minimum Gasteiger partial charge on any atom is -0.314 e. The highest BCUT2D eigenvalue weighted by Crippen LogP contribution is 1.95. The Balaban J connectivity index is 2.09. The number of hydrogen-bond acceptors (Lipinski definition) is 4. The van der Waals surface area contributed by atoms with Crippen molar-refractivity contribution < 1.29 is 4.79 Å². The van der Waals surface area contributed by atoms with Crippen LogP contribution >= 0.6 is 0 Å². The van der Waals surface area contributed by atoms with E-state index in [0.717, 1.165) is 32.7 Å². The lowest BCUT2D eigenvalue weighted by Crippen LogP contribution is -2.52. The minimum absolute atomic E-state index is 0.109. The van der Waals surface area contributed by atoms with Gasteiger partial charge in [0.15, 0.2) is 0 Å². The van der Waals surface area contributed by atoms with Gasteiger partial charge in [-0.15, -0.1) is 0 Å². The number of nitrogens with one attached hydrogen (secondary N) is 2. The molecule has 5 heteroatoms. The van der Waals surface area contributed by atoms with Crippen molar-refractivity contribution in [2.24, 2.45) is 0 Å². The highest BCUT2D eigenvalue weighted by Gasteiger charge is 2.15. The molecule has 1 aliphatic heterocycles. The first-order valence-corrected chi connectivity index (χ1v) is 6.04. The Hall–Kier alpha value is -0.650. The molecular weight excluding hydrogens is 204 g/mol. The Morgan fingerprint density at radius 3 is 2.44 bits per heavy atom. The zero-order valence-corrected chi connectivity index (χ0v) is 10.6. The third kappa shape index (κ3) is 5.44. The van der Waals surface area contributed by atoms with Crippen LogP contribution in [0.25, 0.3) is 0 Å². The topological polar surface area (TPSA) is 47.6 Å². The second-order valence-corrected chi connectivity index (χ2v) is 4.68. The first-order chi connectivity index (χ1) is 7.58. The van der Waals surface area contributed by atoms with Crippen molar-refractivity contribution >= 4 is 5.91 Å². The normalized spacial score (nSPS) is 19.0. The van der Waals surface area contributed by atoms with Crippen LogP contribution in [0.3, 0.4) is 0 Å². The average Bonchev–Trinajstić information content (AvgIpc) is 2.21. The fourth-order valence-electron chi connectivity index (χ4n) is 1.62. The van der Waals surface area contributed by atoms with E-state index in [0.29, 0.717) is 12.5 Å². The molecule has 0 radical (unpaired) electrons. The number of likely N-dealkylation sites (N-methyl/N-ethyl adjacent to an activating group) is 1. The Labute approximate surface area is 98.1 Å². The largest absolute Gasteiger partial charge is 0.314 e. The summed E-state index contributed by atoms with van der Waals surface area (Å²) in [7, 11) is 2.10. The summed E-state index contributed by atoms with van der Waals surface area (Å²) < 4.78 is 0. The molecule has 1 saturated heterocycles.